The highest BCUT2D eigenvalue weighted by molar-refractivity contribution is 7.99. The van der Waals surface area contributed by atoms with E-state index in [2.05, 4.69) is 10.3 Å². The normalized spacial score (nSPS) is 10.2. The molecule has 0 bridgehead atoms. The van der Waals surface area contributed by atoms with Gasteiger partial charge in [-0.05, 0) is 35.4 Å². The summed E-state index contributed by atoms with van der Waals surface area (Å²) in [7, 11) is 0. The molecule has 1 amide bonds. The molecule has 0 fully saturated rings. The third-order valence-electron chi connectivity index (χ3n) is 2.63. The summed E-state index contributed by atoms with van der Waals surface area (Å²) in [5.41, 5.74) is 2.18. The largest absolute Gasteiger partial charge is 0.351 e. The van der Waals surface area contributed by atoms with E-state index in [0.29, 0.717) is 12.3 Å². The topological polar surface area (TPSA) is 42.0 Å². The number of halogens is 1. The number of rotatable bonds is 6. The molecular weight excluding hydrogens is 292 g/mol. The Hall–Kier alpha value is -1.52. The predicted octanol–water partition coefficient (Wildman–Crippen LogP) is 3.28. The number of aromatic nitrogens is 1. The van der Waals surface area contributed by atoms with Crippen molar-refractivity contribution in [3.05, 3.63) is 64.9 Å². The fourth-order valence-electron chi connectivity index (χ4n) is 1.64. The summed E-state index contributed by atoms with van der Waals surface area (Å²) >= 11 is 7.49. The number of carbonyl (C=O) groups excluding carboxylic acids is 1. The van der Waals surface area contributed by atoms with Gasteiger partial charge in [-0.1, -0.05) is 23.7 Å². The minimum atomic E-state index is 0.0360. The first kappa shape index (κ1) is 14.9. The second-order valence-electron chi connectivity index (χ2n) is 4.25. The summed E-state index contributed by atoms with van der Waals surface area (Å²) in [6.45, 7) is 0.541. The van der Waals surface area contributed by atoms with Gasteiger partial charge in [-0.25, -0.2) is 0 Å². The van der Waals surface area contributed by atoms with Crippen LogP contribution in [0.4, 0.5) is 0 Å². The van der Waals surface area contributed by atoms with E-state index in [1.807, 2.05) is 36.4 Å². The molecule has 0 radical (unpaired) electrons. The van der Waals surface area contributed by atoms with Crippen molar-refractivity contribution in [1.82, 2.24) is 10.3 Å². The van der Waals surface area contributed by atoms with Crippen LogP contribution in [0.25, 0.3) is 0 Å². The Morgan fingerprint density at radius 2 is 2.00 bits per heavy atom. The van der Waals surface area contributed by atoms with Gasteiger partial charge in [0.1, 0.15) is 0 Å². The van der Waals surface area contributed by atoms with Gasteiger partial charge in [0, 0.05) is 29.7 Å². The second-order valence-corrected chi connectivity index (χ2v) is 5.68. The van der Waals surface area contributed by atoms with Gasteiger partial charge in [0.15, 0.2) is 0 Å². The number of amides is 1. The third-order valence-corrected chi connectivity index (χ3v) is 3.87. The first-order valence-electron chi connectivity index (χ1n) is 6.22. The average molecular weight is 307 g/mol. The molecule has 3 nitrogen and oxygen atoms in total. The van der Waals surface area contributed by atoms with Gasteiger partial charge in [0.2, 0.25) is 5.91 Å². The molecule has 0 aliphatic carbocycles. The van der Waals surface area contributed by atoms with E-state index in [1.165, 1.54) is 0 Å². The van der Waals surface area contributed by atoms with Gasteiger partial charge in [-0.2, -0.15) is 0 Å². The SMILES string of the molecule is O=C(CSCc1cccc(Cl)c1)NCc1ccncc1. The molecule has 104 valence electrons. The van der Waals surface area contributed by atoms with Crippen LogP contribution < -0.4 is 5.32 Å². The monoisotopic (exact) mass is 306 g/mol. The Labute approximate surface area is 127 Å². The minimum Gasteiger partial charge on any atom is -0.351 e. The molecule has 0 saturated carbocycles. The van der Waals surface area contributed by atoms with Crippen molar-refractivity contribution in [3.8, 4) is 0 Å². The van der Waals surface area contributed by atoms with E-state index in [1.54, 1.807) is 24.2 Å². The molecule has 1 N–H and O–H groups in total. The van der Waals surface area contributed by atoms with Gasteiger partial charge in [0.05, 0.1) is 5.75 Å². The van der Waals surface area contributed by atoms with Gasteiger partial charge >= 0.3 is 0 Å². The highest BCUT2D eigenvalue weighted by Gasteiger charge is 2.02. The van der Waals surface area contributed by atoms with Crippen LogP contribution in [0.3, 0.4) is 0 Å². The van der Waals surface area contributed by atoms with Crippen LogP contribution in [-0.2, 0) is 17.1 Å². The molecule has 1 aromatic heterocycles. The van der Waals surface area contributed by atoms with Crippen molar-refractivity contribution in [1.29, 1.82) is 0 Å². The Bertz CT molecular complexity index is 563. The van der Waals surface area contributed by atoms with Crippen molar-refractivity contribution in [2.24, 2.45) is 0 Å². The molecule has 5 heteroatoms. The van der Waals surface area contributed by atoms with E-state index in [9.17, 15) is 4.79 Å². The summed E-state index contributed by atoms with van der Waals surface area (Å²) in [5, 5.41) is 3.61. The van der Waals surface area contributed by atoms with Crippen LogP contribution in [0.5, 0.6) is 0 Å². The van der Waals surface area contributed by atoms with Crippen LogP contribution in [0, 0.1) is 0 Å². The molecule has 1 heterocycles. The molecule has 2 aromatic rings. The lowest BCUT2D eigenvalue weighted by Gasteiger charge is -2.05. The summed E-state index contributed by atoms with van der Waals surface area (Å²) < 4.78 is 0. The molecule has 0 unspecified atom stereocenters. The molecule has 0 spiro atoms. The lowest BCUT2D eigenvalue weighted by molar-refractivity contribution is -0.118. The van der Waals surface area contributed by atoms with Crippen molar-refractivity contribution in [2.45, 2.75) is 12.3 Å². The quantitative estimate of drug-likeness (QED) is 0.890. The summed E-state index contributed by atoms with van der Waals surface area (Å²) in [4.78, 5) is 15.6. The highest BCUT2D eigenvalue weighted by Crippen LogP contribution is 2.16. The summed E-state index contributed by atoms with van der Waals surface area (Å²) in [6, 6.07) is 11.5. The molecule has 2 rings (SSSR count). The van der Waals surface area contributed by atoms with E-state index in [-0.39, 0.29) is 5.91 Å². The third kappa shape index (κ3) is 5.23. The van der Waals surface area contributed by atoms with E-state index in [4.69, 9.17) is 11.6 Å². The number of carbonyl (C=O) groups is 1. The average Bonchev–Trinajstić information content (AvgIpc) is 2.46. The van der Waals surface area contributed by atoms with Gasteiger partial charge < -0.3 is 5.32 Å². The lowest BCUT2D eigenvalue weighted by Crippen LogP contribution is -2.24. The Morgan fingerprint density at radius 1 is 1.20 bits per heavy atom. The zero-order valence-corrected chi connectivity index (χ0v) is 12.5. The number of benzene rings is 1. The van der Waals surface area contributed by atoms with Crippen LogP contribution in [-0.4, -0.2) is 16.6 Å². The van der Waals surface area contributed by atoms with Crippen LogP contribution in [0.2, 0.25) is 5.02 Å². The second kappa shape index (κ2) is 7.92. The molecular formula is C15H15ClN2OS. The van der Waals surface area contributed by atoms with Crippen molar-refractivity contribution in [2.75, 3.05) is 5.75 Å². The fourth-order valence-corrected chi connectivity index (χ4v) is 2.66. The van der Waals surface area contributed by atoms with Crippen molar-refractivity contribution >= 4 is 29.3 Å². The van der Waals surface area contributed by atoms with E-state index in [0.717, 1.165) is 21.9 Å². The molecule has 20 heavy (non-hydrogen) atoms. The number of thioether (sulfide) groups is 1. The number of nitrogens with one attached hydrogen (secondary N) is 1. The Morgan fingerprint density at radius 3 is 2.75 bits per heavy atom. The predicted molar refractivity (Wildman–Crippen MR) is 83.7 cm³/mol. The van der Waals surface area contributed by atoms with Gasteiger partial charge in [-0.15, -0.1) is 11.8 Å². The number of hydrogen-bond donors (Lipinski definition) is 1. The number of hydrogen-bond acceptors (Lipinski definition) is 3. The standard InChI is InChI=1S/C15H15ClN2OS/c16-14-3-1-2-13(8-14)10-20-11-15(19)18-9-12-4-6-17-7-5-12/h1-8H,9-11H2,(H,18,19). The zero-order chi connectivity index (χ0) is 14.2. The lowest BCUT2D eigenvalue weighted by atomic mass is 10.2. The maximum Gasteiger partial charge on any atom is 0.230 e. The summed E-state index contributed by atoms with van der Waals surface area (Å²) in [6.07, 6.45) is 3.44. The number of pyridine rings is 1. The maximum absolute atomic E-state index is 11.7. The molecule has 1 aromatic carbocycles. The van der Waals surface area contributed by atoms with Crippen LogP contribution in [0.15, 0.2) is 48.8 Å². The zero-order valence-electron chi connectivity index (χ0n) is 10.9. The summed E-state index contributed by atoms with van der Waals surface area (Å²) in [5.74, 6) is 1.26. The first-order valence-corrected chi connectivity index (χ1v) is 7.75. The van der Waals surface area contributed by atoms with Crippen LogP contribution in [0.1, 0.15) is 11.1 Å². The van der Waals surface area contributed by atoms with Gasteiger partial charge in [0.25, 0.3) is 0 Å². The van der Waals surface area contributed by atoms with Crippen LogP contribution >= 0.6 is 23.4 Å². The molecule has 0 atom stereocenters. The maximum atomic E-state index is 11.7. The molecule has 0 aliphatic heterocycles. The fraction of sp³-hybridized carbons (Fsp3) is 0.200. The molecule has 0 saturated heterocycles. The van der Waals surface area contributed by atoms with E-state index < -0.39 is 0 Å². The first-order chi connectivity index (χ1) is 9.74. The number of nitrogens with zero attached hydrogens (tertiary/aromatic N) is 1. The Kier molecular flexibility index (Phi) is 5.89. The van der Waals surface area contributed by atoms with Gasteiger partial charge in [-0.3, -0.25) is 9.78 Å². The van der Waals surface area contributed by atoms with E-state index >= 15 is 0 Å². The molecule has 0 aliphatic rings. The van der Waals surface area contributed by atoms with Crippen molar-refractivity contribution < 1.29 is 4.79 Å². The smallest absolute Gasteiger partial charge is 0.230 e. The highest BCUT2D eigenvalue weighted by atomic mass is 35.5. The minimum absolute atomic E-state index is 0.0360. The van der Waals surface area contributed by atoms with Crippen molar-refractivity contribution in [3.63, 3.8) is 0 Å². The Balaban J connectivity index is 1.68.